The lowest BCUT2D eigenvalue weighted by atomic mass is 10.2. The van der Waals surface area contributed by atoms with Crippen LogP contribution in [0, 0.1) is 6.92 Å². The molecular formula is C13H20N2O2. The molecule has 94 valence electrons. The van der Waals surface area contributed by atoms with Crippen molar-refractivity contribution in [1.29, 1.82) is 0 Å². The van der Waals surface area contributed by atoms with E-state index < -0.39 is 0 Å². The van der Waals surface area contributed by atoms with E-state index in [-0.39, 0.29) is 18.6 Å². The van der Waals surface area contributed by atoms with E-state index in [9.17, 15) is 9.90 Å². The summed E-state index contributed by atoms with van der Waals surface area (Å²) in [5.74, 6) is -0.0948. The van der Waals surface area contributed by atoms with Gasteiger partial charge in [0.1, 0.15) is 0 Å². The van der Waals surface area contributed by atoms with Crippen LogP contribution >= 0.6 is 0 Å². The van der Waals surface area contributed by atoms with Gasteiger partial charge < -0.3 is 15.7 Å². The summed E-state index contributed by atoms with van der Waals surface area (Å²) in [6, 6.07) is 7.63. The fraction of sp³-hybridized carbons (Fsp3) is 0.462. The van der Waals surface area contributed by atoms with Gasteiger partial charge >= 0.3 is 0 Å². The Morgan fingerprint density at radius 3 is 2.76 bits per heavy atom. The number of hydrogen-bond donors (Lipinski definition) is 3. The van der Waals surface area contributed by atoms with Gasteiger partial charge in [0.25, 0.3) is 0 Å². The fourth-order valence-electron chi connectivity index (χ4n) is 1.40. The molecule has 0 saturated carbocycles. The van der Waals surface area contributed by atoms with Gasteiger partial charge in [-0.3, -0.25) is 4.79 Å². The molecule has 0 aromatic heterocycles. The van der Waals surface area contributed by atoms with Crippen LogP contribution in [0.1, 0.15) is 18.9 Å². The molecule has 0 bridgehead atoms. The molecule has 4 nitrogen and oxygen atoms in total. The third kappa shape index (κ3) is 4.97. The molecule has 0 aliphatic heterocycles. The molecular weight excluding hydrogens is 216 g/mol. The minimum absolute atomic E-state index is 0.0948. The first-order valence-corrected chi connectivity index (χ1v) is 5.87. The van der Waals surface area contributed by atoms with Crippen molar-refractivity contribution < 1.29 is 9.90 Å². The highest BCUT2D eigenvalue weighted by Gasteiger charge is 2.05. The minimum Gasteiger partial charge on any atom is -0.392 e. The average Bonchev–Trinajstić information content (AvgIpc) is 2.32. The van der Waals surface area contributed by atoms with Crippen LogP contribution in [0.2, 0.25) is 0 Å². The Labute approximate surface area is 102 Å². The van der Waals surface area contributed by atoms with Gasteiger partial charge in [-0.05, 0) is 25.0 Å². The predicted octanol–water partition coefficient (Wildman–Crippen LogP) is 1.29. The summed E-state index contributed by atoms with van der Waals surface area (Å²) in [6.07, 6.45) is 0.299. The number of anilines is 1. The van der Waals surface area contributed by atoms with Crippen molar-refractivity contribution in [3.05, 3.63) is 29.8 Å². The van der Waals surface area contributed by atoms with E-state index in [4.69, 9.17) is 0 Å². The van der Waals surface area contributed by atoms with Crippen molar-refractivity contribution in [3.63, 3.8) is 0 Å². The Morgan fingerprint density at radius 1 is 1.41 bits per heavy atom. The lowest BCUT2D eigenvalue weighted by Crippen LogP contribution is -2.33. The van der Waals surface area contributed by atoms with Crippen molar-refractivity contribution in [1.82, 2.24) is 5.32 Å². The molecule has 1 amide bonds. The number of carbonyl (C=O) groups excluding carboxylic acids is 1. The van der Waals surface area contributed by atoms with Crippen LogP contribution in [0.4, 0.5) is 5.69 Å². The monoisotopic (exact) mass is 236 g/mol. The van der Waals surface area contributed by atoms with E-state index >= 15 is 0 Å². The molecule has 1 rings (SSSR count). The number of aliphatic hydroxyl groups is 1. The Bertz CT molecular complexity index is 366. The molecule has 1 aromatic carbocycles. The van der Waals surface area contributed by atoms with Crippen molar-refractivity contribution in [3.8, 4) is 0 Å². The Morgan fingerprint density at radius 2 is 2.12 bits per heavy atom. The zero-order valence-corrected chi connectivity index (χ0v) is 10.4. The van der Waals surface area contributed by atoms with Crippen molar-refractivity contribution in [2.45, 2.75) is 26.4 Å². The van der Waals surface area contributed by atoms with E-state index in [1.54, 1.807) is 0 Å². The second-order valence-electron chi connectivity index (χ2n) is 4.06. The number of rotatable bonds is 6. The zero-order chi connectivity index (χ0) is 12.7. The van der Waals surface area contributed by atoms with Crippen molar-refractivity contribution in [2.24, 2.45) is 0 Å². The fourth-order valence-corrected chi connectivity index (χ4v) is 1.40. The molecule has 0 radical (unpaired) electrons. The van der Waals surface area contributed by atoms with E-state index in [0.29, 0.717) is 13.0 Å². The van der Waals surface area contributed by atoms with Crippen molar-refractivity contribution >= 4 is 11.6 Å². The summed E-state index contributed by atoms with van der Waals surface area (Å²) in [6.45, 7) is 4.51. The maximum absolute atomic E-state index is 11.6. The summed E-state index contributed by atoms with van der Waals surface area (Å²) < 4.78 is 0. The first-order chi connectivity index (χ1) is 8.13. The normalized spacial score (nSPS) is 12.2. The van der Waals surface area contributed by atoms with Gasteiger partial charge in [0.2, 0.25) is 5.91 Å². The first kappa shape index (κ1) is 13.7. The molecule has 0 aliphatic carbocycles. The number of aryl methyl sites for hydroxylation is 1. The van der Waals surface area contributed by atoms with Crippen LogP contribution in [-0.4, -0.2) is 30.2 Å². The molecule has 0 spiro atoms. The Kier molecular flexibility index (Phi) is 5.66. The quantitative estimate of drug-likeness (QED) is 0.697. The molecule has 0 aliphatic rings. The predicted molar refractivity (Wildman–Crippen MR) is 69.0 cm³/mol. The number of hydrogen-bond acceptors (Lipinski definition) is 3. The van der Waals surface area contributed by atoms with Gasteiger partial charge in [-0.25, -0.2) is 0 Å². The summed E-state index contributed by atoms with van der Waals surface area (Å²) in [7, 11) is 0. The van der Waals surface area contributed by atoms with Gasteiger partial charge in [0.05, 0.1) is 12.6 Å². The highest BCUT2D eigenvalue weighted by Crippen LogP contribution is 2.12. The van der Waals surface area contributed by atoms with E-state index in [2.05, 4.69) is 10.6 Å². The number of amides is 1. The van der Waals surface area contributed by atoms with Gasteiger partial charge in [-0.15, -0.1) is 0 Å². The third-order valence-electron chi connectivity index (χ3n) is 2.56. The van der Waals surface area contributed by atoms with E-state index in [0.717, 1.165) is 11.3 Å². The maximum atomic E-state index is 11.6. The molecule has 0 saturated heterocycles. The smallest absolute Gasteiger partial charge is 0.238 e. The van der Waals surface area contributed by atoms with Crippen LogP contribution in [0.3, 0.4) is 0 Å². The highest BCUT2D eigenvalue weighted by atomic mass is 16.3. The standard InChI is InChI=1S/C13H20N2O2/c1-3-11(16)8-14-9-13(17)15-12-7-5-4-6-10(12)2/h4-7,11,14,16H,3,8-9H2,1-2H3,(H,15,17). The number of aliphatic hydroxyl groups excluding tert-OH is 1. The maximum Gasteiger partial charge on any atom is 0.238 e. The summed E-state index contributed by atoms with van der Waals surface area (Å²) in [4.78, 5) is 11.6. The number of nitrogens with one attached hydrogen (secondary N) is 2. The Balaban J connectivity index is 2.33. The molecule has 1 unspecified atom stereocenters. The molecule has 1 aromatic rings. The molecule has 3 N–H and O–H groups in total. The average molecular weight is 236 g/mol. The second-order valence-corrected chi connectivity index (χ2v) is 4.06. The van der Waals surface area contributed by atoms with Crippen LogP contribution in [-0.2, 0) is 4.79 Å². The van der Waals surface area contributed by atoms with E-state index in [1.165, 1.54) is 0 Å². The van der Waals surface area contributed by atoms with Gasteiger partial charge in [-0.2, -0.15) is 0 Å². The number of benzene rings is 1. The van der Waals surface area contributed by atoms with Crippen LogP contribution < -0.4 is 10.6 Å². The lowest BCUT2D eigenvalue weighted by Gasteiger charge is -2.10. The van der Waals surface area contributed by atoms with Crippen molar-refractivity contribution in [2.75, 3.05) is 18.4 Å². The summed E-state index contributed by atoms with van der Waals surface area (Å²) in [5, 5.41) is 15.0. The van der Waals surface area contributed by atoms with Gasteiger partial charge in [-0.1, -0.05) is 25.1 Å². The van der Waals surface area contributed by atoms with Crippen LogP contribution in [0.15, 0.2) is 24.3 Å². The number of para-hydroxylation sites is 1. The first-order valence-electron chi connectivity index (χ1n) is 5.87. The van der Waals surface area contributed by atoms with Gasteiger partial charge in [0, 0.05) is 12.2 Å². The summed E-state index contributed by atoms with van der Waals surface area (Å²) in [5.41, 5.74) is 1.87. The molecule has 17 heavy (non-hydrogen) atoms. The molecule has 4 heteroatoms. The molecule has 0 heterocycles. The number of carbonyl (C=O) groups is 1. The van der Waals surface area contributed by atoms with Crippen LogP contribution in [0.5, 0.6) is 0 Å². The zero-order valence-electron chi connectivity index (χ0n) is 10.4. The lowest BCUT2D eigenvalue weighted by molar-refractivity contribution is -0.115. The minimum atomic E-state index is -0.388. The summed E-state index contributed by atoms with van der Waals surface area (Å²) >= 11 is 0. The second kappa shape index (κ2) is 7.04. The van der Waals surface area contributed by atoms with E-state index in [1.807, 2.05) is 38.1 Å². The van der Waals surface area contributed by atoms with Gasteiger partial charge in [0.15, 0.2) is 0 Å². The SMILES string of the molecule is CCC(O)CNCC(=O)Nc1ccccc1C. The topological polar surface area (TPSA) is 61.4 Å². The third-order valence-corrected chi connectivity index (χ3v) is 2.56. The van der Waals surface area contributed by atoms with Crippen LogP contribution in [0.25, 0.3) is 0 Å². The highest BCUT2D eigenvalue weighted by molar-refractivity contribution is 5.92. The molecule has 1 atom stereocenters. The largest absolute Gasteiger partial charge is 0.392 e. The molecule has 0 fully saturated rings. The Hall–Kier alpha value is -1.39.